The molecule has 1 heterocycles. The molecule has 9 nitrogen and oxygen atoms in total. The van der Waals surface area contributed by atoms with Gasteiger partial charge >= 0.3 is 0 Å². The number of amides is 1. The van der Waals surface area contributed by atoms with Gasteiger partial charge < -0.3 is 11.2 Å². The number of halogens is 1. The van der Waals surface area contributed by atoms with Gasteiger partial charge in [0.1, 0.15) is 4.90 Å². The molecule has 0 saturated heterocycles. The molecule has 170 valence electrons. The zero-order valence-corrected chi connectivity index (χ0v) is 20.3. The van der Waals surface area contributed by atoms with Gasteiger partial charge in [-0.15, -0.1) is 10.2 Å². The normalized spacial score (nSPS) is 12.7. The third-order valence-electron chi connectivity index (χ3n) is 4.58. The van der Waals surface area contributed by atoms with E-state index < -0.39 is 15.3 Å². The van der Waals surface area contributed by atoms with Crippen LogP contribution in [0.5, 0.6) is 0 Å². The van der Waals surface area contributed by atoms with Crippen molar-refractivity contribution in [1.29, 1.82) is 0 Å². The van der Waals surface area contributed by atoms with Gasteiger partial charge in [0.15, 0.2) is 5.82 Å². The number of carbonyl (C=O) groups excluding carboxylic acids is 1. The van der Waals surface area contributed by atoms with Crippen LogP contribution in [0, 0.1) is 6.92 Å². The highest BCUT2D eigenvalue weighted by molar-refractivity contribution is 8.00. The van der Waals surface area contributed by atoms with Gasteiger partial charge in [-0.1, -0.05) is 53.2 Å². The van der Waals surface area contributed by atoms with E-state index in [1.165, 1.54) is 37.0 Å². The lowest BCUT2D eigenvalue weighted by atomic mass is 10.1. The molecule has 12 heteroatoms. The first-order chi connectivity index (χ1) is 15.0. The molecule has 3 rings (SSSR count). The summed E-state index contributed by atoms with van der Waals surface area (Å²) in [6, 6.07) is 12.0. The van der Waals surface area contributed by atoms with Gasteiger partial charge in [0.2, 0.25) is 21.1 Å². The van der Waals surface area contributed by atoms with E-state index in [0.29, 0.717) is 16.7 Å². The molecule has 0 spiro atoms. The molecule has 0 aliphatic carbocycles. The molecule has 1 amide bonds. The Morgan fingerprint density at radius 3 is 2.47 bits per heavy atom. The number of nitrogens with zero attached hydrogens (tertiary/aromatic N) is 4. The van der Waals surface area contributed by atoms with E-state index in [0.717, 1.165) is 27.2 Å². The molecule has 2 aromatic carbocycles. The zero-order chi connectivity index (χ0) is 23.6. The fourth-order valence-corrected chi connectivity index (χ4v) is 4.85. The third kappa shape index (κ3) is 5.07. The van der Waals surface area contributed by atoms with Crippen molar-refractivity contribution in [3.63, 3.8) is 0 Å². The fourth-order valence-electron chi connectivity index (χ4n) is 2.69. The summed E-state index contributed by atoms with van der Waals surface area (Å²) in [6.45, 7) is 3.67. The molecule has 0 fully saturated rings. The Bertz CT molecular complexity index is 1240. The van der Waals surface area contributed by atoms with Gasteiger partial charge in [0.25, 0.3) is 0 Å². The number of benzene rings is 2. The number of nitrogens with two attached hydrogens (primary N) is 1. The van der Waals surface area contributed by atoms with Crippen molar-refractivity contribution in [3.8, 4) is 11.4 Å². The summed E-state index contributed by atoms with van der Waals surface area (Å²) in [4.78, 5) is 12.6. The average Bonchev–Trinajstić information content (AvgIpc) is 3.09. The maximum Gasteiger partial charge on any atom is 0.244 e. The first kappa shape index (κ1) is 24.1. The van der Waals surface area contributed by atoms with Crippen LogP contribution < -0.4 is 11.2 Å². The van der Waals surface area contributed by atoms with Gasteiger partial charge in [0, 0.05) is 25.3 Å². The lowest BCUT2D eigenvalue weighted by Crippen LogP contribution is -2.25. The Morgan fingerprint density at radius 2 is 1.84 bits per heavy atom. The van der Waals surface area contributed by atoms with Crippen molar-refractivity contribution in [3.05, 3.63) is 53.1 Å². The van der Waals surface area contributed by atoms with E-state index in [1.54, 1.807) is 6.92 Å². The predicted octanol–water partition coefficient (Wildman–Crippen LogP) is 2.99. The molecule has 0 bridgehead atoms. The molecule has 1 atom stereocenters. The van der Waals surface area contributed by atoms with Gasteiger partial charge in [-0.2, -0.15) is 0 Å². The highest BCUT2D eigenvalue weighted by Crippen LogP contribution is 2.29. The Hall–Kier alpha value is -2.60. The number of nitrogens with one attached hydrogen (secondary N) is 1. The van der Waals surface area contributed by atoms with E-state index in [1.807, 2.05) is 31.2 Å². The van der Waals surface area contributed by atoms with Crippen molar-refractivity contribution in [2.24, 2.45) is 0 Å². The minimum atomic E-state index is -3.76. The minimum Gasteiger partial charge on any atom is -0.335 e. The molecule has 3 aromatic rings. The lowest BCUT2D eigenvalue weighted by molar-refractivity contribution is -0.115. The molecule has 1 unspecified atom stereocenters. The maximum absolute atomic E-state index is 12.7. The highest BCUT2D eigenvalue weighted by atomic mass is 35.5. The molecule has 3 N–H and O–H groups in total. The number of aryl methyl sites for hydroxylation is 1. The van der Waals surface area contributed by atoms with Crippen LogP contribution in [0.1, 0.15) is 12.5 Å². The van der Waals surface area contributed by atoms with Crippen molar-refractivity contribution < 1.29 is 13.2 Å². The van der Waals surface area contributed by atoms with Crippen LogP contribution in [0.15, 0.2) is 52.5 Å². The largest absolute Gasteiger partial charge is 0.335 e. The van der Waals surface area contributed by atoms with Crippen LogP contribution >= 0.6 is 23.4 Å². The number of anilines is 1. The number of sulfonamides is 1. The van der Waals surface area contributed by atoms with Gasteiger partial charge in [-0.25, -0.2) is 17.4 Å². The number of thioether (sulfide) groups is 1. The van der Waals surface area contributed by atoms with Crippen LogP contribution in [0.25, 0.3) is 11.4 Å². The first-order valence-corrected chi connectivity index (χ1v) is 12.2. The van der Waals surface area contributed by atoms with Gasteiger partial charge in [-0.3, -0.25) is 4.79 Å². The lowest BCUT2D eigenvalue weighted by Gasteiger charge is -2.15. The Labute approximate surface area is 196 Å². The number of aromatic nitrogens is 3. The van der Waals surface area contributed by atoms with E-state index in [-0.39, 0.29) is 15.8 Å². The summed E-state index contributed by atoms with van der Waals surface area (Å²) < 4.78 is 27.3. The van der Waals surface area contributed by atoms with Crippen LogP contribution in [-0.4, -0.2) is 52.8 Å². The number of hydrogen-bond acceptors (Lipinski definition) is 7. The van der Waals surface area contributed by atoms with Crippen LogP contribution in [0.4, 0.5) is 5.69 Å². The molecule has 0 aliphatic rings. The summed E-state index contributed by atoms with van der Waals surface area (Å²) in [5, 5.41) is 10.8. The zero-order valence-electron chi connectivity index (χ0n) is 17.9. The molecule has 0 aliphatic heterocycles. The van der Waals surface area contributed by atoms with Gasteiger partial charge in [-0.05, 0) is 32.0 Å². The fraction of sp³-hybridized carbons (Fsp3) is 0.250. The van der Waals surface area contributed by atoms with Crippen molar-refractivity contribution in [1.82, 2.24) is 19.2 Å². The molecular weight excluding hydrogens is 472 g/mol. The average molecular weight is 495 g/mol. The Balaban J connectivity index is 1.74. The number of carbonyl (C=O) groups is 1. The summed E-state index contributed by atoms with van der Waals surface area (Å²) in [5.41, 5.74) is 2.23. The smallest absolute Gasteiger partial charge is 0.244 e. The first-order valence-electron chi connectivity index (χ1n) is 9.48. The van der Waals surface area contributed by atoms with Crippen molar-refractivity contribution in [2.45, 2.75) is 29.1 Å². The molecular formula is C20H23ClN6O3S2. The van der Waals surface area contributed by atoms with Gasteiger partial charge in [0.05, 0.1) is 10.3 Å². The molecule has 0 saturated carbocycles. The van der Waals surface area contributed by atoms with E-state index in [4.69, 9.17) is 17.4 Å². The number of hydrogen-bond donors (Lipinski definition) is 2. The summed E-state index contributed by atoms with van der Waals surface area (Å²) in [5.74, 6) is 6.27. The van der Waals surface area contributed by atoms with Crippen LogP contribution in [0.2, 0.25) is 5.02 Å². The second kappa shape index (κ2) is 9.49. The third-order valence-corrected chi connectivity index (χ3v) is 7.94. The second-order valence-electron chi connectivity index (χ2n) is 7.22. The quantitative estimate of drug-likeness (QED) is 0.382. The van der Waals surface area contributed by atoms with E-state index in [2.05, 4.69) is 15.5 Å². The predicted molar refractivity (Wildman–Crippen MR) is 127 cm³/mol. The Morgan fingerprint density at radius 1 is 1.19 bits per heavy atom. The highest BCUT2D eigenvalue weighted by Gasteiger charge is 2.23. The maximum atomic E-state index is 12.7. The summed E-state index contributed by atoms with van der Waals surface area (Å²) in [7, 11) is -0.947. The second-order valence-corrected chi connectivity index (χ2v) is 11.1. The Kier molecular flexibility index (Phi) is 7.13. The molecule has 1 aromatic heterocycles. The standard InChI is InChI=1S/C20H23ClN6O3S2/c1-12-5-7-14(8-6-12)18-24-25-20(27(18)22)31-13(2)19(28)23-15-9-10-16(21)17(11-15)32(29,30)26(3)4/h5-11,13H,22H2,1-4H3,(H,23,28). The topological polar surface area (TPSA) is 123 Å². The van der Waals surface area contributed by atoms with Crippen LogP contribution in [-0.2, 0) is 14.8 Å². The molecule has 32 heavy (non-hydrogen) atoms. The molecule has 0 radical (unpaired) electrons. The minimum absolute atomic E-state index is 0.0685. The van der Waals surface area contributed by atoms with E-state index in [9.17, 15) is 13.2 Å². The van der Waals surface area contributed by atoms with Crippen molar-refractivity contribution in [2.75, 3.05) is 25.3 Å². The van der Waals surface area contributed by atoms with E-state index >= 15 is 0 Å². The van der Waals surface area contributed by atoms with Crippen molar-refractivity contribution >= 4 is 45.0 Å². The monoisotopic (exact) mass is 494 g/mol. The summed E-state index contributed by atoms with van der Waals surface area (Å²) in [6.07, 6.45) is 0. The SMILES string of the molecule is Cc1ccc(-c2nnc(SC(C)C(=O)Nc3ccc(Cl)c(S(=O)(=O)N(C)C)c3)n2N)cc1. The summed E-state index contributed by atoms with van der Waals surface area (Å²) >= 11 is 7.19. The number of rotatable bonds is 7. The van der Waals surface area contributed by atoms with Crippen LogP contribution in [0.3, 0.4) is 0 Å². The number of nitrogen functional groups attached to an aromatic ring is 1.